The number of nitrogen functional groups attached to an aromatic ring is 1. The fourth-order valence-corrected chi connectivity index (χ4v) is 2.58. The number of aryl methyl sites for hydroxylation is 1. The molecule has 0 atom stereocenters. The van der Waals surface area contributed by atoms with Crippen molar-refractivity contribution in [3.05, 3.63) is 29.1 Å². The van der Waals surface area contributed by atoms with Crippen LogP contribution in [0.5, 0.6) is 0 Å². The zero-order valence-corrected chi connectivity index (χ0v) is 12.4. The molecule has 0 unspecified atom stereocenters. The molecule has 116 valence electrons. The van der Waals surface area contributed by atoms with E-state index in [1.54, 1.807) is 14.0 Å². The van der Waals surface area contributed by atoms with Crippen LogP contribution in [-0.2, 0) is 4.74 Å². The third kappa shape index (κ3) is 3.51. The summed E-state index contributed by atoms with van der Waals surface area (Å²) in [7, 11) is 1.55. The number of halogens is 1. The largest absolute Gasteiger partial charge is 0.399 e. The second kappa shape index (κ2) is 5.99. The van der Waals surface area contributed by atoms with Crippen LogP contribution in [-0.4, -0.2) is 48.3 Å². The van der Waals surface area contributed by atoms with Crippen LogP contribution in [0.4, 0.5) is 10.1 Å². The topological polar surface area (TPSA) is 75.8 Å². The van der Waals surface area contributed by atoms with E-state index < -0.39 is 17.3 Å². The molecule has 1 amide bonds. The molecule has 1 aliphatic heterocycles. The smallest absolute Gasteiger partial charge is 0.256 e. The van der Waals surface area contributed by atoms with Gasteiger partial charge in [0.2, 0.25) is 0 Å². The van der Waals surface area contributed by atoms with E-state index >= 15 is 0 Å². The summed E-state index contributed by atoms with van der Waals surface area (Å²) in [6, 6.07) is 2.81. The van der Waals surface area contributed by atoms with Gasteiger partial charge in [-0.25, -0.2) is 4.39 Å². The number of carbonyl (C=O) groups excluding carboxylic acids is 1. The van der Waals surface area contributed by atoms with Gasteiger partial charge >= 0.3 is 0 Å². The Morgan fingerprint density at radius 2 is 2.10 bits per heavy atom. The van der Waals surface area contributed by atoms with Gasteiger partial charge in [0.15, 0.2) is 0 Å². The maximum absolute atomic E-state index is 14.1. The van der Waals surface area contributed by atoms with Gasteiger partial charge in [0, 0.05) is 45.3 Å². The zero-order chi connectivity index (χ0) is 15.6. The number of amides is 1. The van der Waals surface area contributed by atoms with Crippen LogP contribution in [0.25, 0.3) is 0 Å². The lowest BCUT2D eigenvalue weighted by molar-refractivity contribution is -0.0734. The van der Waals surface area contributed by atoms with Crippen molar-refractivity contribution in [2.24, 2.45) is 0 Å². The summed E-state index contributed by atoms with van der Waals surface area (Å²) in [5, 5.41) is 10.4. The highest BCUT2D eigenvalue weighted by molar-refractivity contribution is 5.95. The molecular formula is C15H21FN2O3. The lowest BCUT2D eigenvalue weighted by Gasteiger charge is -2.35. The van der Waals surface area contributed by atoms with Gasteiger partial charge in [0.1, 0.15) is 5.82 Å². The summed E-state index contributed by atoms with van der Waals surface area (Å²) in [6.45, 7) is 2.63. The van der Waals surface area contributed by atoms with Gasteiger partial charge in [-0.15, -0.1) is 0 Å². The third-order valence-electron chi connectivity index (χ3n) is 3.81. The molecule has 1 aromatic rings. The monoisotopic (exact) mass is 296 g/mol. The average molecular weight is 296 g/mol. The van der Waals surface area contributed by atoms with Gasteiger partial charge < -0.3 is 20.5 Å². The Morgan fingerprint density at radius 3 is 2.71 bits per heavy atom. The highest BCUT2D eigenvalue weighted by Crippen LogP contribution is 2.23. The fourth-order valence-electron chi connectivity index (χ4n) is 2.58. The maximum atomic E-state index is 14.1. The minimum absolute atomic E-state index is 0.0642. The third-order valence-corrected chi connectivity index (χ3v) is 3.81. The van der Waals surface area contributed by atoms with Crippen LogP contribution in [0.1, 0.15) is 28.8 Å². The molecule has 1 aromatic carbocycles. The Hall–Kier alpha value is -1.66. The van der Waals surface area contributed by atoms with Crippen LogP contribution < -0.4 is 5.73 Å². The Morgan fingerprint density at radius 1 is 1.48 bits per heavy atom. The van der Waals surface area contributed by atoms with Crippen molar-refractivity contribution in [1.29, 1.82) is 0 Å². The minimum atomic E-state index is -0.978. The molecule has 0 saturated carbocycles. The van der Waals surface area contributed by atoms with Crippen LogP contribution in [0, 0.1) is 12.7 Å². The number of rotatable bonds is 3. The Bertz CT molecular complexity index is 542. The van der Waals surface area contributed by atoms with Crippen LogP contribution in [0.2, 0.25) is 0 Å². The van der Waals surface area contributed by atoms with Crippen molar-refractivity contribution >= 4 is 11.6 Å². The van der Waals surface area contributed by atoms with Crippen molar-refractivity contribution in [2.45, 2.75) is 25.4 Å². The van der Waals surface area contributed by atoms with Crippen molar-refractivity contribution in [3.63, 3.8) is 0 Å². The molecule has 0 spiro atoms. The van der Waals surface area contributed by atoms with Crippen LogP contribution in [0.15, 0.2) is 12.1 Å². The number of hydrogen-bond acceptors (Lipinski definition) is 4. The molecule has 1 saturated heterocycles. The predicted molar refractivity (Wildman–Crippen MR) is 77.5 cm³/mol. The Labute approximate surface area is 123 Å². The van der Waals surface area contributed by atoms with Gasteiger partial charge in [-0.2, -0.15) is 0 Å². The first-order chi connectivity index (χ1) is 9.82. The molecule has 0 bridgehead atoms. The highest BCUT2D eigenvalue weighted by atomic mass is 19.1. The lowest BCUT2D eigenvalue weighted by Crippen LogP contribution is -2.47. The van der Waals surface area contributed by atoms with E-state index in [4.69, 9.17) is 10.5 Å². The SMILES string of the molecule is Cc1cc(N)cc(C(=O)N(C)CC2(O)CCOCC2)c1F. The molecule has 1 aliphatic rings. The number of likely N-dealkylation sites (N-methyl/N-ethyl adjacent to an activating group) is 1. The van der Waals surface area contributed by atoms with Gasteiger partial charge in [-0.05, 0) is 24.6 Å². The molecule has 6 heteroatoms. The lowest BCUT2D eigenvalue weighted by atomic mass is 9.93. The molecule has 1 fully saturated rings. The molecule has 5 nitrogen and oxygen atoms in total. The summed E-state index contributed by atoms with van der Waals surface area (Å²) in [5.74, 6) is -1.05. The number of carbonyl (C=O) groups is 1. The summed E-state index contributed by atoms with van der Waals surface area (Å²) in [6.07, 6.45) is 0.923. The number of aliphatic hydroxyl groups is 1. The summed E-state index contributed by atoms with van der Waals surface area (Å²) < 4.78 is 19.3. The second-order valence-electron chi connectivity index (χ2n) is 5.70. The zero-order valence-electron chi connectivity index (χ0n) is 12.4. The van der Waals surface area contributed by atoms with Gasteiger partial charge in [0.25, 0.3) is 5.91 Å². The predicted octanol–water partition coefficient (Wildman–Crippen LogP) is 1.33. The number of benzene rings is 1. The van der Waals surface area contributed by atoms with E-state index in [1.807, 2.05) is 0 Å². The van der Waals surface area contributed by atoms with E-state index in [2.05, 4.69) is 0 Å². The highest BCUT2D eigenvalue weighted by Gasteiger charge is 2.33. The van der Waals surface area contributed by atoms with Crippen molar-refractivity contribution in [2.75, 3.05) is 32.5 Å². The first-order valence-electron chi connectivity index (χ1n) is 6.94. The van der Waals surface area contributed by atoms with Gasteiger partial charge in [-0.3, -0.25) is 4.79 Å². The summed E-state index contributed by atoms with van der Waals surface area (Å²) >= 11 is 0. The number of hydrogen-bond donors (Lipinski definition) is 2. The molecule has 0 radical (unpaired) electrons. The van der Waals surface area contributed by atoms with Crippen molar-refractivity contribution in [1.82, 2.24) is 4.90 Å². The number of anilines is 1. The molecule has 2 rings (SSSR count). The normalized spacial score (nSPS) is 17.5. The van der Waals surface area contributed by atoms with Crippen LogP contribution >= 0.6 is 0 Å². The van der Waals surface area contributed by atoms with E-state index in [-0.39, 0.29) is 12.1 Å². The Kier molecular flexibility index (Phi) is 4.49. The van der Waals surface area contributed by atoms with Gasteiger partial charge in [-0.1, -0.05) is 0 Å². The van der Waals surface area contributed by atoms with Crippen molar-refractivity contribution < 1.29 is 19.0 Å². The summed E-state index contributed by atoms with van der Waals surface area (Å²) in [5.41, 5.74) is 5.30. The molecule has 1 heterocycles. The number of ether oxygens (including phenoxy) is 1. The van der Waals surface area contributed by atoms with E-state index in [1.165, 1.54) is 17.0 Å². The van der Waals surface area contributed by atoms with E-state index in [0.29, 0.717) is 37.3 Å². The minimum Gasteiger partial charge on any atom is -0.399 e. The standard InChI is InChI=1S/C15H21FN2O3/c1-10-7-11(17)8-12(13(10)16)14(19)18(2)9-15(20)3-5-21-6-4-15/h7-8,20H,3-6,9,17H2,1-2H3. The second-order valence-corrected chi connectivity index (χ2v) is 5.70. The molecule has 21 heavy (non-hydrogen) atoms. The first kappa shape index (κ1) is 15.7. The maximum Gasteiger partial charge on any atom is 0.256 e. The first-order valence-corrected chi connectivity index (χ1v) is 6.94. The van der Waals surface area contributed by atoms with E-state index in [9.17, 15) is 14.3 Å². The Balaban J connectivity index is 2.16. The van der Waals surface area contributed by atoms with Crippen molar-refractivity contribution in [3.8, 4) is 0 Å². The van der Waals surface area contributed by atoms with Crippen LogP contribution in [0.3, 0.4) is 0 Å². The number of nitrogens with two attached hydrogens (primary N) is 1. The molecule has 0 aromatic heterocycles. The molecular weight excluding hydrogens is 275 g/mol. The molecule has 0 aliphatic carbocycles. The van der Waals surface area contributed by atoms with Gasteiger partial charge in [0.05, 0.1) is 11.2 Å². The fraction of sp³-hybridized carbons (Fsp3) is 0.533. The average Bonchev–Trinajstić information content (AvgIpc) is 2.42. The summed E-state index contributed by atoms with van der Waals surface area (Å²) in [4.78, 5) is 13.7. The van der Waals surface area contributed by atoms with E-state index in [0.717, 1.165) is 0 Å². The quantitative estimate of drug-likeness (QED) is 0.825. The molecule has 3 N–H and O–H groups in total. The number of nitrogens with zero attached hydrogens (tertiary/aromatic N) is 1.